The average Bonchev–Trinajstić information content (AvgIpc) is 2.75. The molecule has 133 valence electrons. The monoisotopic (exact) mass is 379 g/mol. The van der Waals surface area contributed by atoms with E-state index in [1.54, 1.807) is 12.1 Å². The third-order valence-corrected chi connectivity index (χ3v) is 4.19. The molecular weight excluding hydrogens is 363 g/mol. The van der Waals surface area contributed by atoms with Gasteiger partial charge < -0.3 is 9.90 Å². The predicted octanol–water partition coefficient (Wildman–Crippen LogP) is -0.781. The van der Waals surface area contributed by atoms with Crippen LogP contribution in [0, 0.1) is 0 Å². The van der Waals surface area contributed by atoms with Gasteiger partial charge in [0, 0.05) is 5.56 Å². The van der Waals surface area contributed by atoms with Crippen molar-refractivity contribution in [2.75, 3.05) is 16.7 Å². The topological polar surface area (TPSA) is 73.1 Å². The fourth-order valence-corrected chi connectivity index (χ4v) is 2.79. The van der Waals surface area contributed by atoms with E-state index in [4.69, 9.17) is 0 Å². The number of para-hydroxylation sites is 2. The van der Waals surface area contributed by atoms with E-state index in [2.05, 4.69) is 10.5 Å². The van der Waals surface area contributed by atoms with Crippen molar-refractivity contribution in [3.05, 3.63) is 96.1 Å². The van der Waals surface area contributed by atoms with Crippen LogP contribution in [0.25, 0.3) is 0 Å². The zero-order valence-corrected chi connectivity index (χ0v) is 17.4. The molecule has 1 aliphatic heterocycles. The fourth-order valence-electron chi connectivity index (χ4n) is 2.79. The second kappa shape index (κ2) is 8.93. The Kier molecular flexibility index (Phi) is 6.36. The Bertz CT molecular complexity index is 963. The van der Waals surface area contributed by atoms with E-state index < -0.39 is 5.97 Å². The minimum Gasteiger partial charge on any atom is -0.545 e. The summed E-state index contributed by atoms with van der Waals surface area (Å²) < 4.78 is 0. The number of hydrogen-bond acceptors (Lipinski definition) is 5. The molecule has 0 aliphatic carbocycles. The fraction of sp³-hybridized carbons (Fsp3) is 0.0476. The summed E-state index contributed by atoms with van der Waals surface area (Å²) in [7, 11) is 0. The number of nitrogens with zero attached hydrogens (tertiary/aromatic N) is 4. The van der Waals surface area contributed by atoms with Gasteiger partial charge >= 0.3 is 29.6 Å². The zero-order valence-electron chi connectivity index (χ0n) is 15.4. The molecular formula is C21H16N4NaO2. The van der Waals surface area contributed by atoms with Gasteiger partial charge in [-0.15, -0.1) is 10.5 Å². The number of carboxylic acids is 1. The molecule has 0 aromatic heterocycles. The van der Waals surface area contributed by atoms with Gasteiger partial charge in [-0.05, 0) is 29.8 Å². The maximum atomic E-state index is 11.0. The molecule has 1 heterocycles. The second-order valence-corrected chi connectivity index (χ2v) is 6.00. The van der Waals surface area contributed by atoms with Crippen molar-refractivity contribution in [2.45, 2.75) is 0 Å². The van der Waals surface area contributed by atoms with Gasteiger partial charge in [-0.1, -0.05) is 60.7 Å². The Balaban J connectivity index is 0.00000225. The number of carbonyl (C=O) groups excluding carboxylic acids is 1. The molecule has 3 aromatic carbocycles. The molecule has 1 aliphatic rings. The van der Waals surface area contributed by atoms with Gasteiger partial charge in [0.1, 0.15) is 6.67 Å². The summed E-state index contributed by atoms with van der Waals surface area (Å²) in [5, 5.41) is 19.4. The summed E-state index contributed by atoms with van der Waals surface area (Å²) in [4.78, 5) is 11.0. The van der Waals surface area contributed by atoms with E-state index in [-0.39, 0.29) is 35.1 Å². The third kappa shape index (κ3) is 4.36. The largest absolute Gasteiger partial charge is 1.00 e. The molecule has 0 saturated heterocycles. The smallest absolute Gasteiger partial charge is 0.545 e. The quantitative estimate of drug-likeness (QED) is 0.558. The maximum absolute atomic E-state index is 11.0. The van der Waals surface area contributed by atoms with Gasteiger partial charge in [0.15, 0.2) is 5.84 Å². The first-order valence-corrected chi connectivity index (χ1v) is 8.48. The molecule has 0 N–H and O–H groups in total. The van der Waals surface area contributed by atoms with Crippen molar-refractivity contribution in [3.63, 3.8) is 0 Å². The Morgan fingerprint density at radius 3 is 1.86 bits per heavy atom. The minimum atomic E-state index is -1.21. The molecule has 0 saturated carbocycles. The number of rotatable bonds is 4. The van der Waals surface area contributed by atoms with Crippen LogP contribution < -0.4 is 50.1 Å². The summed E-state index contributed by atoms with van der Waals surface area (Å²) in [6.07, 6.45) is 0. The van der Waals surface area contributed by atoms with Crippen LogP contribution in [0.1, 0.15) is 15.9 Å². The van der Waals surface area contributed by atoms with Crippen LogP contribution in [0.5, 0.6) is 0 Å². The van der Waals surface area contributed by atoms with Crippen LogP contribution in [0.2, 0.25) is 0 Å². The molecule has 0 bridgehead atoms. The average molecular weight is 379 g/mol. The molecule has 3 aromatic rings. The van der Waals surface area contributed by atoms with Crippen LogP contribution >= 0.6 is 0 Å². The molecule has 0 atom stereocenters. The Hall–Kier alpha value is -2.80. The number of hydrazone groups is 1. The molecule has 4 rings (SSSR count). The Morgan fingerprint density at radius 2 is 1.32 bits per heavy atom. The van der Waals surface area contributed by atoms with Crippen molar-refractivity contribution in [1.82, 2.24) is 5.43 Å². The third-order valence-electron chi connectivity index (χ3n) is 4.19. The number of amidine groups is 1. The van der Waals surface area contributed by atoms with Crippen LogP contribution in [-0.2, 0) is 0 Å². The number of aromatic carboxylic acids is 1. The molecule has 7 heteroatoms. The summed E-state index contributed by atoms with van der Waals surface area (Å²) >= 11 is 0. The van der Waals surface area contributed by atoms with Gasteiger partial charge in [-0.25, -0.2) is 10.0 Å². The van der Waals surface area contributed by atoms with Gasteiger partial charge in [0.2, 0.25) is 0 Å². The summed E-state index contributed by atoms with van der Waals surface area (Å²) in [5.74, 6) is -0.709. The second-order valence-electron chi connectivity index (χ2n) is 6.00. The molecule has 0 unspecified atom stereocenters. The van der Waals surface area contributed by atoms with Gasteiger partial charge in [0.05, 0.1) is 17.3 Å². The van der Waals surface area contributed by atoms with Gasteiger partial charge in [-0.3, -0.25) is 0 Å². The molecule has 28 heavy (non-hydrogen) atoms. The van der Waals surface area contributed by atoms with Gasteiger partial charge in [0.25, 0.3) is 0 Å². The van der Waals surface area contributed by atoms with Crippen molar-refractivity contribution < 1.29 is 39.5 Å². The normalized spacial score (nSPS) is 13.2. The first-order valence-electron chi connectivity index (χ1n) is 8.48. The maximum Gasteiger partial charge on any atom is 1.00 e. The van der Waals surface area contributed by atoms with Crippen LogP contribution in [0.3, 0.4) is 0 Å². The standard InChI is InChI=1S/C21H17N4O2.Na/c26-21(27)17-13-11-16(12-14-17)20-22-24(18-7-3-1-4-8-18)15-25(23-20)19-9-5-2-6-10-19;/h1-14H,15H2,(H,26,27);/q;+1/p-1. The number of anilines is 2. The number of carboxylic acid groups (broad SMARTS) is 1. The van der Waals surface area contributed by atoms with E-state index in [9.17, 15) is 9.90 Å². The molecule has 0 amide bonds. The number of carbonyl (C=O) groups is 1. The van der Waals surface area contributed by atoms with Crippen LogP contribution in [-0.4, -0.2) is 18.5 Å². The number of benzene rings is 3. The van der Waals surface area contributed by atoms with Gasteiger partial charge in [-0.2, -0.15) is 0 Å². The number of hydrogen-bond donors (Lipinski definition) is 0. The molecule has 0 spiro atoms. The van der Waals surface area contributed by atoms with E-state index in [1.807, 2.05) is 70.7 Å². The summed E-state index contributed by atoms with van der Waals surface area (Å²) in [6, 6.07) is 26.0. The summed E-state index contributed by atoms with van der Waals surface area (Å²) in [5.41, 5.74) is 7.38. The predicted molar refractivity (Wildman–Crippen MR) is 102 cm³/mol. The first kappa shape index (κ1) is 19.9. The zero-order chi connectivity index (χ0) is 18.6. The van der Waals surface area contributed by atoms with Crippen LogP contribution in [0.15, 0.2) is 90.0 Å². The SMILES string of the molecule is O=C([O-])c1ccc(C2=NN(c3ccccc3)CN(c3ccccc3)[N]2)cc1.[Na+]. The van der Waals surface area contributed by atoms with Crippen molar-refractivity contribution in [2.24, 2.45) is 5.10 Å². The van der Waals surface area contributed by atoms with E-state index in [0.29, 0.717) is 12.5 Å². The van der Waals surface area contributed by atoms with Crippen LogP contribution in [0.4, 0.5) is 11.4 Å². The van der Waals surface area contributed by atoms with E-state index in [0.717, 1.165) is 16.9 Å². The van der Waals surface area contributed by atoms with E-state index in [1.165, 1.54) is 12.1 Å². The van der Waals surface area contributed by atoms with Crippen molar-refractivity contribution in [1.29, 1.82) is 0 Å². The Labute approximate surface area is 185 Å². The molecule has 1 radical (unpaired) electrons. The minimum absolute atomic E-state index is 0. The van der Waals surface area contributed by atoms with Crippen molar-refractivity contribution in [3.8, 4) is 0 Å². The molecule has 6 nitrogen and oxygen atoms in total. The summed E-state index contributed by atoms with van der Waals surface area (Å²) in [6.45, 7) is 0.467. The first-order chi connectivity index (χ1) is 13.2. The molecule has 0 fully saturated rings. The Morgan fingerprint density at radius 1 is 0.786 bits per heavy atom. The van der Waals surface area contributed by atoms with E-state index >= 15 is 0 Å². The van der Waals surface area contributed by atoms with Crippen molar-refractivity contribution >= 4 is 23.2 Å².